The summed E-state index contributed by atoms with van der Waals surface area (Å²) in [6, 6.07) is 5.93. The number of pyridine rings is 1. The van der Waals surface area contributed by atoms with Crippen LogP contribution in [0.3, 0.4) is 0 Å². The number of rotatable bonds is 6. The molecule has 0 saturated heterocycles. The van der Waals surface area contributed by atoms with Crippen molar-refractivity contribution >= 4 is 11.6 Å². The lowest BCUT2D eigenvalue weighted by Crippen LogP contribution is -2.27. The van der Waals surface area contributed by atoms with Crippen molar-refractivity contribution in [1.29, 1.82) is 0 Å². The van der Waals surface area contributed by atoms with Crippen molar-refractivity contribution in [2.45, 2.75) is 26.2 Å². The Hall–Kier alpha value is -1.29. The molecule has 0 atom stereocenters. The molecule has 1 aromatic heterocycles. The van der Waals surface area contributed by atoms with Crippen LogP contribution >= 0.6 is 0 Å². The van der Waals surface area contributed by atoms with Gasteiger partial charge in [-0.3, -0.25) is 0 Å². The first-order valence-electron chi connectivity index (χ1n) is 6.02. The molecule has 0 bridgehead atoms. The first kappa shape index (κ1) is 11.2. The van der Waals surface area contributed by atoms with Crippen LogP contribution in [0.5, 0.6) is 0 Å². The minimum absolute atomic E-state index is 0.731. The maximum Gasteiger partial charge on any atom is 0.142 e. The van der Waals surface area contributed by atoms with Gasteiger partial charge < -0.3 is 10.3 Å². The van der Waals surface area contributed by atoms with Crippen molar-refractivity contribution in [3.63, 3.8) is 0 Å². The van der Waals surface area contributed by atoms with Gasteiger partial charge in [0, 0.05) is 13.1 Å². The Kier molecular flexibility index (Phi) is 3.62. The second-order valence-corrected chi connectivity index (χ2v) is 4.41. The Morgan fingerprint density at radius 1 is 1.50 bits per heavy atom. The van der Waals surface area contributed by atoms with Gasteiger partial charge in [0.2, 0.25) is 0 Å². The van der Waals surface area contributed by atoms with Crippen LogP contribution in [0.2, 0.25) is 0 Å². The molecule has 2 rings (SSSR count). The van der Waals surface area contributed by atoms with E-state index >= 15 is 0 Å². The molecule has 0 radical (unpaired) electrons. The second kappa shape index (κ2) is 5.16. The van der Waals surface area contributed by atoms with E-state index in [1.165, 1.54) is 12.8 Å². The van der Waals surface area contributed by atoms with E-state index in [0.29, 0.717) is 0 Å². The van der Waals surface area contributed by atoms with E-state index in [0.717, 1.165) is 37.1 Å². The van der Waals surface area contributed by atoms with Crippen LogP contribution in [0.15, 0.2) is 18.2 Å². The Morgan fingerprint density at radius 2 is 2.31 bits per heavy atom. The van der Waals surface area contributed by atoms with Gasteiger partial charge in [0.1, 0.15) is 11.6 Å². The highest BCUT2D eigenvalue weighted by molar-refractivity contribution is 5.46. The van der Waals surface area contributed by atoms with E-state index in [-0.39, 0.29) is 0 Å². The van der Waals surface area contributed by atoms with Crippen LogP contribution < -0.4 is 16.2 Å². The fraction of sp³-hybridized carbons (Fsp3) is 0.583. The summed E-state index contributed by atoms with van der Waals surface area (Å²) in [5.41, 5.74) is 2.60. The molecule has 0 unspecified atom stereocenters. The fourth-order valence-electron chi connectivity index (χ4n) is 1.86. The average Bonchev–Trinajstić information content (AvgIpc) is 3.12. The summed E-state index contributed by atoms with van der Waals surface area (Å²) in [7, 11) is 0. The Labute approximate surface area is 96.8 Å². The topological polar surface area (TPSA) is 54.2 Å². The average molecular weight is 220 g/mol. The molecule has 4 nitrogen and oxygen atoms in total. The Bertz CT molecular complexity index is 336. The number of hydrogen-bond donors (Lipinski definition) is 2. The smallest absolute Gasteiger partial charge is 0.142 e. The molecule has 1 fully saturated rings. The third-order valence-corrected chi connectivity index (χ3v) is 2.88. The van der Waals surface area contributed by atoms with Crippen LogP contribution in [0.4, 0.5) is 11.6 Å². The van der Waals surface area contributed by atoms with Gasteiger partial charge in [0.25, 0.3) is 0 Å². The largest absolute Gasteiger partial charge is 0.356 e. The van der Waals surface area contributed by atoms with Gasteiger partial charge in [-0.05, 0) is 37.3 Å². The molecule has 1 aromatic rings. The molecule has 1 aliphatic rings. The zero-order chi connectivity index (χ0) is 11.4. The number of anilines is 2. The number of aromatic nitrogens is 1. The van der Waals surface area contributed by atoms with Crippen molar-refractivity contribution in [1.82, 2.24) is 4.98 Å². The van der Waals surface area contributed by atoms with Crippen molar-refractivity contribution < 1.29 is 0 Å². The van der Waals surface area contributed by atoms with Gasteiger partial charge in [-0.15, -0.1) is 0 Å². The normalized spacial score (nSPS) is 14.9. The van der Waals surface area contributed by atoms with Gasteiger partial charge in [0.05, 0.1) is 0 Å². The molecule has 4 heteroatoms. The summed E-state index contributed by atoms with van der Waals surface area (Å²) < 4.78 is 0. The lowest BCUT2D eigenvalue weighted by atomic mass is 10.3. The van der Waals surface area contributed by atoms with Crippen molar-refractivity contribution in [2.75, 3.05) is 23.4 Å². The van der Waals surface area contributed by atoms with Crippen LogP contribution in [0, 0.1) is 5.92 Å². The predicted molar refractivity (Wildman–Crippen MR) is 67.3 cm³/mol. The third-order valence-electron chi connectivity index (χ3n) is 2.88. The van der Waals surface area contributed by atoms with Gasteiger partial charge >= 0.3 is 0 Å². The zero-order valence-electron chi connectivity index (χ0n) is 9.82. The number of nitrogens with two attached hydrogens (primary N) is 1. The molecule has 0 aliphatic heterocycles. The van der Waals surface area contributed by atoms with E-state index in [1.54, 1.807) is 0 Å². The third kappa shape index (κ3) is 2.85. The Balaban J connectivity index is 2.08. The van der Waals surface area contributed by atoms with Crippen LogP contribution in [-0.2, 0) is 0 Å². The van der Waals surface area contributed by atoms with Crippen LogP contribution in [-0.4, -0.2) is 18.1 Å². The standard InChI is InChI=1S/C12H20N4/c1-2-8-16(9-10-6-7-10)12-5-3-4-11(14-12)15-13/h3-5,10H,2,6-9,13H2,1H3,(H,14,15). The van der Waals surface area contributed by atoms with Gasteiger partial charge in [-0.25, -0.2) is 10.8 Å². The minimum Gasteiger partial charge on any atom is -0.356 e. The second-order valence-electron chi connectivity index (χ2n) is 4.41. The Morgan fingerprint density at radius 3 is 2.94 bits per heavy atom. The molecule has 0 amide bonds. The number of hydrogen-bond acceptors (Lipinski definition) is 4. The molecule has 1 aliphatic carbocycles. The van der Waals surface area contributed by atoms with Gasteiger partial charge in [0.15, 0.2) is 0 Å². The summed E-state index contributed by atoms with van der Waals surface area (Å²) in [6.07, 6.45) is 3.89. The molecule has 1 heterocycles. The number of nitrogen functional groups attached to an aromatic ring is 1. The molecule has 1 saturated carbocycles. The zero-order valence-corrected chi connectivity index (χ0v) is 9.82. The summed E-state index contributed by atoms with van der Waals surface area (Å²) in [4.78, 5) is 6.84. The van der Waals surface area contributed by atoms with Crippen LogP contribution in [0.1, 0.15) is 26.2 Å². The van der Waals surface area contributed by atoms with Crippen LogP contribution in [0.25, 0.3) is 0 Å². The maximum absolute atomic E-state index is 5.38. The van der Waals surface area contributed by atoms with E-state index < -0.39 is 0 Å². The van der Waals surface area contributed by atoms with E-state index in [2.05, 4.69) is 28.3 Å². The number of nitrogens with one attached hydrogen (secondary N) is 1. The SMILES string of the molecule is CCCN(CC1CC1)c1cccc(NN)n1. The summed E-state index contributed by atoms with van der Waals surface area (Å²) >= 11 is 0. The highest BCUT2D eigenvalue weighted by atomic mass is 15.3. The molecule has 88 valence electrons. The lowest BCUT2D eigenvalue weighted by molar-refractivity contribution is 0.699. The number of hydrazine groups is 1. The first-order chi connectivity index (χ1) is 7.83. The number of nitrogens with zero attached hydrogens (tertiary/aromatic N) is 2. The molecule has 16 heavy (non-hydrogen) atoms. The molecular weight excluding hydrogens is 200 g/mol. The summed E-state index contributed by atoms with van der Waals surface area (Å²) in [5.74, 6) is 8.02. The summed E-state index contributed by atoms with van der Waals surface area (Å²) in [6.45, 7) is 4.40. The maximum atomic E-state index is 5.38. The first-order valence-corrected chi connectivity index (χ1v) is 6.02. The van der Waals surface area contributed by atoms with Crippen molar-refractivity contribution in [2.24, 2.45) is 11.8 Å². The van der Waals surface area contributed by atoms with E-state index in [1.807, 2.05) is 12.1 Å². The monoisotopic (exact) mass is 220 g/mol. The lowest BCUT2D eigenvalue weighted by Gasteiger charge is -2.23. The summed E-state index contributed by atoms with van der Waals surface area (Å²) in [5, 5.41) is 0. The van der Waals surface area contributed by atoms with Gasteiger partial charge in [-0.2, -0.15) is 0 Å². The fourth-order valence-corrected chi connectivity index (χ4v) is 1.86. The molecular formula is C12H20N4. The van der Waals surface area contributed by atoms with E-state index in [9.17, 15) is 0 Å². The highest BCUT2D eigenvalue weighted by Gasteiger charge is 2.24. The molecule has 0 aromatic carbocycles. The highest BCUT2D eigenvalue weighted by Crippen LogP contribution is 2.31. The van der Waals surface area contributed by atoms with Crippen molar-refractivity contribution in [3.8, 4) is 0 Å². The van der Waals surface area contributed by atoms with E-state index in [4.69, 9.17) is 5.84 Å². The van der Waals surface area contributed by atoms with Crippen molar-refractivity contribution in [3.05, 3.63) is 18.2 Å². The van der Waals surface area contributed by atoms with Gasteiger partial charge in [-0.1, -0.05) is 13.0 Å². The predicted octanol–water partition coefficient (Wildman–Crippen LogP) is 1.99. The minimum atomic E-state index is 0.731. The quantitative estimate of drug-likeness (QED) is 0.568. The molecule has 3 N–H and O–H groups in total. The molecule has 0 spiro atoms.